The molecule has 1 amide bonds. The van der Waals surface area contributed by atoms with Crippen molar-refractivity contribution in [3.63, 3.8) is 0 Å². The summed E-state index contributed by atoms with van der Waals surface area (Å²) in [4.78, 5) is 14.0. The van der Waals surface area contributed by atoms with E-state index in [0.29, 0.717) is 13.0 Å². The minimum absolute atomic E-state index is 0.0844. The Morgan fingerprint density at radius 1 is 1.33 bits per heavy atom. The normalized spacial score (nSPS) is 12.2. The van der Waals surface area contributed by atoms with Gasteiger partial charge in [-0.25, -0.2) is 0 Å². The summed E-state index contributed by atoms with van der Waals surface area (Å²) in [5.41, 5.74) is 8.84. The van der Waals surface area contributed by atoms with Gasteiger partial charge in [-0.15, -0.1) is 0 Å². The van der Waals surface area contributed by atoms with E-state index < -0.39 is 6.04 Å². The number of carbonyl (C=O) groups is 1. The molecule has 1 aromatic carbocycles. The number of aryl methyl sites for hydroxylation is 2. The largest absolute Gasteiger partial charge is 0.361 e. The Kier molecular flexibility index (Phi) is 4.75. The third-order valence-corrected chi connectivity index (χ3v) is 3.57. The number of aromatic nitrogens is 1. The highest BCUT2D eigenvalue weighted by atomic mass is 16.5. The zero-order valence-electron chi connectivity index (χ0n) is 12.7. The lowest BCUT2D eigenvalue weighted by Gasteiger charge is -2.21. The van der Waals surface area contributed by atoms with Gasteiger partial charge in [-0.05, 0) is 25.8 Å². The van der Waals surface area contributed by atoms with Gasteiger partial charge >= 0.3 is 0 Å². The fraction of sp³-hybridized carbons (Fsp3) is 0.375. The zero-order valence-corrected chi connectivity index (χ0v) is 12.7. The average Bonchev–Trinajstić information content (AvgIpc) is 2.79. The van der Waals surface area contributed by atoms with Gasteiger partial charge < -0.3 is 15.2 Å². The van der Waals surface area contributed by atoms with E-state index in [-0.39, 0.29) is 5.91 Å². The van der Waals surface area contributed by atoms with Crippen LogP contribution < -0.4 is 5.73 Å². The molecular weight excluding hydrogens is 266 g/mol. The standard InChI is InChI=1S/C16H21N3O2/c1-11-14(12(2)21-18-11)10-19(3)16(20)15(17)9-13-7-5-4-6-8-13/h4-8,15H,9-10,17H2,1-3H3/t15-/m1/s1. The number of carbonyl (C=O) groups excluding carboxylic acids is 1. The maximum atomic E-state index is 12.3. The van der Waals surface area contributed by atoms with E-state index in [1.807, 2.05) is 44.2 Å². The van der Waals surface area contributed by atoms with Crippen LogP contribution in [0.15, 0.2) is 34.9 Å². The molecule has 2 aromatic rings. The second-order valence-corrected chi connectivity index (χ2v) is 5.29. The maximum absolute atomic E-state index is 12.3. The monoisotopic (exact) mass is 287 g/mol. The molecule has 0 aliphatic heterocycles. The Balaban J connectivity index is 1.99. The van der Waals surface area contributed by atoms with Gasteiger partial charge in [0.05, 0.1) is 18.3 Å². The van der Waals surface area contributed by atoms with Crippen LogP contribution in [0.25, 0.3) is 0 Å². The zero-order chi connectivity index (χ0) is 15.4. The molecule has 2 rings (SSSR count). The predicted molar refractivity (Wildman–Crippen MR) is 80.6 cm³/mol. The van der Waals surface area contributed by atoms with Crippen molar-refractivity contribution in [3.05, 3.63) is 52.9 Å². The highest BCUT2D eigenvalue weighted by Gasteiger charge is 2.21. The van der Waals surface area contributed by atoms with Crippen molar-refractivity contribution in [3.8, 4) is 0 Å². The van der Waals surface area contributed by atoms with Crippen molar-refractivity contribution >= 4 is 5.91 Å². The van der Waals surface area contributed by atoms with E-state index in [2.05, 4.69) is 5.16 Å². The Hall–Kier alpha value is -2.14. The number of nitrogens with zero attached hydrogens (tertiary/aromatic N) is 2. The van der Waals surface area contributed by atoms with Gasteiger partial charge in [-0.3, -0.25) is 4.79 Å². The number of nitrogens with two attached hydrogens (primary N) is 1. The molecule has 0 aliphatic carbocycles. The van der Waals surface area contributed by atoms with E-state index in [9.17, 15) is 4.79 Å². The first-order valence-electron chi connectivity index (χ1n) is 6.95. The molecule has 0 radical (unpaired) electrons. The summed E-state index contributed by atoms with van der Waals surface area (Å²) >= 11 is 0. The molecule has 0 aliphatic rings. The lowest BCUT2D eigenvalue weighted by atomic mass is 10.1. The van der Waals surface area contributed by atoms with Gasteiger partial charge in [-0.2, -0.15) is 0 Å². The molecule has 1 aromatic heterocycles. The maximum Gasteiger partial charge on any atom is 0.239 e. The number of amides is 1. The van der Waals surface area contributed by atoms with Crippen molar-refractivity contribution < 1.29 is 9.32 Å². The van der Waals surface area contributed by atoms with Crippen LogP contribution in [0.3, 0.4) is 0 Å². The fourth-order valence-electron chi connectivity index (χ4n) is 2.28. The van der Waals surface area contributed by atoms with E-state index >= 15 is 0 Å². The smallest absolute Gasteiger partial charge is 0.239 e. The van der Waals surface area contributed by atoms with Crippen LogP contribution in [-0.4, -0.2) is 29.1 Å². The number of benzene rings is 1. The van der Waals surface area contributed by atoms with Crippen molar-refractivity contribution in [1.82, 2.24) is 10.1 Å². The van der Waals surface area contributed by atoms with E-state index in [4.69, 9.17) is 10.3 Å². The SMILES string of the molecule is Cc1noc(C)c1CN(C)C(=O)[C@H](N)Cc1ccccc1. The third kappa shape index (κ3) is 3.70. The summed E-state index contributed by atoms with van der Waals surface area (Å²) in [6, 6.07) is 9.24. The average molecular weight is 287 g/mol. The second-order valence-electron chi connectivity index (χ2n) is 5.29. The molecule has 5 heteroatoms. The summed E-state index contributed by atoms with van der Waals surface area (Å²) in [5, 5.41) is 3.90. The molecule has 5 nitrogen and oxygen atoms in total. The molecule has 0 saturated carbocycles. The van der Waals surface area contributed by atoms with Crippen LogP contribution in [0.4, 0.5) is 0 Å². The number of rotatable bonds is 5. The first-order valence-corrected chi connectivity index (χ1v) is 6.95. The highest BCUT2D eigenvalue weighted by molar-refractivity contribution is 5.81. The first kappa shape index (κ1) is 15.3. The molecule has 0 spiro atoms. The molecule has 1 atom stereocenters. The molecule has 112 valence electrons. The molecule has 1 heterocycles. The number of likely N-dealkylation sites (N-methyl/N-ethyl adjacent to an activating group) is 1. The predicted octanol–water partition coefficient (Wildman–Crippen LogP) is 1.82. The van der Waals surface area contributed by atoms with Crippen LogP contribution in [0.1, 0.15) is 22.6 Å². The van der Waals surface area contributed by atoms with Gasteiger partial charge in [0.15, 0.2) is 0 Å². The number of hydrogen-bond donors (Lipinski definition) is 1. The summed E-state index contributed by atoms with van der Waals surface area (Å²) in [7, 11) is 1.75. The van der Waals surface area contributed by atoms with Crippen LogP contribution in [0, 0.1) is 13.8 Å². The summed E-state index contributed by atoms with van der Waals surface area (Å²) in [6.45, 7) is 4.17. The van der Waals surface area contributed by atoms with E-state index in [0.717, 1.165) is 22.6 Å². The van der Waals surface area contributed by atoms with E-state index in [1.54, 1.807) is 11.9 Å². The lowest BCUT2D eigenvalue weighted by Crippen LogP contribution is -2.42. The number of hydrogen-bond acceptors (Lipinski definition) is 4. The summed E-state index contributed by atoms with van der Waals surface area (Å²) in [6.07, 6.45) is 0.533. The topological polar surface area (TPSA) is 72.4 Å². The first-order chi connectivity index (χ1) is 9.99. The van der Waals surface area contributed by atoms with Gasteiger partial charge in [-0.1, -0.05) is 35.5 Å². The molecular formula is C16H21N3O2. The van der Waals surface area contributed by atoms with Gasteiger partial charge in [0, 0.05) is 12.6 Å². The molecule has 0 bridgehead atoms. The van der Waals surface area contributed by atoms with Crippen molar-refractivity contribution in [1.29, 1.82) is 0 Å². The second kappa shape index (κ2) is 6.54. The highest BCUT2D eigenvalue weighted by Crippen LogP contribution is 2.15. The molecule has 0 saturated heterocycles. The van der Waals surface area contributed by atoms with Crippen LogP contribution in [0.5, 0.6) is 0 Å². The minimum atomic E-state index is -0.544. The molecule has 0 unspecified atom stereocenters. The fourth-order valence-corrected chi connectivity index (χ4v) is 2.28. The van der Waals surface area contributed by atoms with Crippen molar-refractivity contribution in [2.45, 2.75) is 32.9 Å². The Morgan fingerprint density at radius 2 is 2.00 bits per heavy atom. The van der Waals surface area contributed by atoms with Crippen LogP contribution >= 0.6 is 0 Å². The van der Waals surface area contributed by atoms with Crippen LogP contribution in [0.2, 0.25) is 0 Å². The molecule has 2 N–H and O–H groups in total. The summed E-state index contributed by atoms with van der Waals surface area (Å²) < 4.78 is 5.11. The Morgan fingerprint density at radius 3 is 2.57 bits per heavy atom. The Labute approximate surface area is 124 Å². The van der Waals surface area contributed by atoms with Gasteiger partial charge in [0.1, 0.15) is 5.76 Å². The van der Waals surface area contributed by atoms with Crippen LogP contribution in [-0.2, 0) is 17.8 Å². The van der Waals surface area contributed by atoms with Gasteiger partial charge in [0.2, 0.25) is 5.91 Å². The Bertz CT molecular complexity index is 588. The molecule has 21 heavy (non-hydrogen) atoms. The quantitative estimate of drug-likeness (QED) is 0.910. The van der Waals surface area contributed by atoms with E-state index in [1.165, 1.54) is 0 Å². The van der Waals surface area contributed by atoms with Crippen molar-refractivity contribution in [2.24, 2.45) is 5.73 Å². The third-order valence-electron chi connectivity index (χ3n) is 3.57. The lowest BCUT2D eigenvalue weighted by molar-refractivity contribution is -0.131. The summed E-state index contributed by atoms with van der Waals surface area (Å²) in [5.74, 6) is 0.655. The van der Waals surface area contributed by atoms with Crippen molar-refractivity contribution in [2.75, 3.05) is 7.05 Å². The minimum Gasteiger partial charge on any atom is -0.361 e. The molecule has 0 fully saturated rings. The van der Waals surface area contributed by atoms with Gasteiger partial charge in [0.25, 0.3) is 0 Å².